The fraction of sp³-hybridized carbons (Fsp3) is 0.750. The van der Waals surface area contributed by atoms with Crippen LogP contribution in [0, 0.1) is 0 Å². The van der Waals surface area contributed by atoms with Crippen LogP contribution in [-0.4, -0.2) is 67.7 Å². The molecule has 0 atom stereocenters. The second-order valence-corrected chi connectivity index (χ2v) is 7.36. The van der Waals surface area contributed by atoms with E-state index in [1.54, 1.807) is 0 Å². The van der Waals surface area contributed by atoms with Crippen molar-refractivity contribution in [3.63, 3.8) is 0 Å². The van der Waals surface area contributed by atoms with Crippen LogP contribution in [0.2, 0.25) is 0 Å². The van der Waals surface area contributed by atoms with Crippen molar-refractivity contribution in [2.45, 2.75) is 31.7 Å². The predicted molar refractivity (Wildman–Crippen MR) is 77.0 cm³/mol. The maximum absolute atomic E-state index is 12.1. The van der Waals surface area contributed by atoms with Gasteiger partial charge in [-0.3, -0.25) is 9.59 Å². The van der Waals surface area contributed by atoms with Crippen LogP contribution in [0.15, 0.2) is 5.10 Å². The number of hydrazone groups is 1. The third-order valence-electron chi connectivity index (χ3n) is 3.73. The van der Waals surface area contributed by atoms with Gasteiger partial charge in [0, 0.05) is 39.0 Å². The number of hydrogen-bond acceptors (Lipinski definition) is 5. The van der Waals surface area contributed by atoms with E-state index in [0.29, 0.717) is 38.1 Å². The second-order valence-electron chi connectivity index (χ2n) is 5.37. The van der Waals surface area contributed by atoms with Crippen LogP contribution in [0.25, 0.3) is 0 Å². The van der Waals surface area contributed by atoms with Gasteiger partial charge in [0.05, 0.1) is 6.26 Å². The molecule has 118 valence electrons. The largest absolute Gasteiger partial charge is 0.348 e. The average Bonchev–Trinajstić information content (AvgIpc) is 2.41. The first-order valence-corrected chi connectivity index (χ1v) is 8.72. The highest BCUT2D eigenvalue weighted by atomic mass is 32.2. The van der Waals surface area contributed by atoms with Gasteiger partial charge in [0.2, 0.25) is 15.9 Å². The van der Waals surface area contributed by atoms with E-state index < -0.39 is 10.0 Å². The van der Waals surface area contributed by atoms with Crippen LogP contribution in [0.3, 0.4) is 0 Å². The van der Waals surface area contributed by atoms with E-state index in [-0.39, 0.29) is 24.3 Å². The van der Waals surface area contributed by atoms with Crippen LogP contribution in [0.1, 0.15) is 25.7 Å². The first-order valence-electron chi connectivity index (χ1n) is 6.87. The van der Waals surface area contributed by atoms with Gasteiger partial charge in [-0.05, 0) is 12.8 Å². The third kappa shape index (κ3) is 4.01. The zero-order valence-electron chi connectivity index (χ0n) is 12.2. The van der Waals surface area contributed by atoms with Gasteiger partial charge in [-0.25, -0.2) is 17.7 Å². The molecule has 0 aliphatic carbocycles. The van der Waals surface area contributed by atoms with E-state index in [0.717, 1.165) is 0 Å². The summed E-state index contributed by atoms with van der Waals surface area (Å²) in [5.74, 6) is -0.375. The molecule has 0 spiro atoms. The average molecular weight is 316 g/mol. The summed E-state index contributed by atoms with van der Waals surface area (Å²) in [6.45, 7) is 0.823. The van der Waals surface area contributed by atoms with Crippen molar-refractivity contribution in [1.82, 2.24) is 14.6 Å². The van der Waals surface area contributed by atoms with Crippen LogP contribution >= 0.6 is 0 Å². The first-order chi connectivity index (χ1) is 9.77. The maximum Gasteiger partial charge on any atom is 0.267 e. The minimum Gasteiger partial charge on any atom is -0.348 e. The molecule has 21 heavy (non-hydrogen) atoms. The zero-order valence-corrected chi connectivity index (χ0v) is 13.0. The maximum atomic E-state index is 12.1. The van der Waals surface area contributed by atoms with Gasteiger partial charge in [-0.2, -0.15) is 5.10 Å². The molecule has 0 bridgehead atoms. The van der Waals surface area contributed by atoms with E-state index >= 15 is 0 Å². The Hall–Kier alpha value is -1.48. The van der Waals surface area contributed by atoms with Gasteiger partial charge in [-0.15, -0.1) is 0 Å². The third-order valence-corrected chi connectivity index (χ3v) is 5.03. The summed E-state index contributed by atoms with van der Waals surface area (Å²) in [4.78, 5) is 23.4. The summed E-state index contributed by atoms with van der Waals surface area (Å²) in [5, 5.41) is 8.02. The fourth-order valence-corrected chi connectivity index (χ4v) is 3.31. The Kier molecular flexibility index (Phi) is 4.62. The van der Waals surface area contributed by atoms with E-state index in [4.69, 9.17) is 0 Å². The Labute approximate surface area is 124 Å². The van der Waals surface area contributed by atoms with Crippen molar-refractivity contribution in [3.8, 4) is 0 Å². The molecule has 0 aromatic carbocycles. The summed E-state index contributed by atoms with van der Waals surface area (Å²) in [6, 6.07) is -0.0545. The number of carbonyl (C=O) groups excluding carboxylic acids is 2. The number of rotatable bonds is 3. The van der Waals surface area contributed by atoms with Gasteiger partial charge in [-0.1, -0.05) is 0 Å². The molecule has 0 saturated carbocycles. The minimum absolute atomic E-state index is 0.0545. The number of carbonyl (C=O) groups is 2. The van der Waals surface area contributed by atoms with Crippen LogP contribution in [0.5, 0.6) is 0 Å². The summed E-state index contributed by atoms with van der Waals surface area (Å²) in [5.41, 5.74) is 0.350. The van der Waals surface area contributed by atoms with E-state index in [1.165, 1.54) is 22.6 Å². The van der Waals surface area contributed by atoms with Gasteiger partial charge < -0.3 is 5.32 Å². The van der Waals surface area contributed by atoms with Crippen molar-refractivity contribution in [1.29, 1.82) is 0 Å². The lowest BCUT2D eigenvalue weighted by Gasteiger charge is -2.31. The summed E-state index contributed by atoms with van der Waals surface area (Å²) in [6.07, 6.45) is 2.99. The van der Waals surface area contributed by atoms with Crippen molar-refractivity contribution in [2.24, 2.45) is 5.10 Å². The molecular formula is C12H20N4O4S. The lowest BCUT2D eigenvalue weighted by molar-refractivity contribution is -0.130. The molecule has 0 aromatic rings. The van der Waals surface area contributed by atoms with Gasteiger partial charge >= 0.3 is 0 Å². The highest BCUT2D eigenvalue weighted by Gasteiger charge is 2.28. The number of sulfonamides is 1. The Morgan fingerprint density at radius 3 is 2.43 bits per heavy atom. The highest BCUT2D eigenvalue weighted by Crippen LogP contribution is 2.14. The van der Waals surface area contributed by atoms with Crippen molar-refractivity contribution in [3.05, 3.63) is 0 Å². The monoisotopic (exact) mass is 316 g/mol. The predicted octanol–water partition coefficient (Wildman–Crippen LogP) is -0.865. The lowest BCUT2D eigenvalue weighted by atomic mass is 10.1. The quantitative estimate of drug-likeness (QED) is 0.732. The fourth-order valence-electron chi connectivity index (χ4n) is 2.43. The Balaban J connectivity index is 1.88. The number of nitrogens with zero attached hydrogens (tertiary/aromatic N) is 3. The topological polar surface area (TPSA) is 99.2 Å². The molecule has 2 aliphatic heterocycles. The van der Waals surface area contributed by atoms with E-state index in [1.807, 2.05) is 0 Å². The van der Waals surface area contributed by atoms with Gasteiger partial charge in [0.25, 0.3) is 5.91 Å². The van der Waals surface area contributed by atoms with Crippen molar-refractivity contribution in [2.75, 3.05) is 26.4 Å². The zero-order chi connectivity index (χ0) is 15.6. The number of hydrogen-bond donors (Lipinski definition) is 1. The molecule has 2 heterocycles. The highest BCUT2D eigenvalue weighted by molar-refractivity contribution is 7.88. The molecule has 0 aromatic heterocycles. The smallest absolute Gasteiger partial charge is 0.267 e. The van der Waals surface area contributed by atoms with Crippen molar-refractivity contribution >= 4 is 27.5 Å². The molecule has 0 unspecified atom stereocenters. The molecule has 1 saturated heterocycles. The number of nitrogens with one attached hydrogen (secondary N) is 1. The molecule has 2 amide bonds. The molecular weight excluding hydrogens is 296 g/mol. The number of amides is 2. The summed E-state index contributed by atoms with van der Waals surface area (Å²) < 4.78 is 24.2. The Morgan fingerprint density at radius 1 is 1.29 bits per heavy atom. The molecule has 8 nitrogen and oxygen atoms in total. The van der Waals surface area contributed by atoms with Crippen LogP contribution < -0.4 is 5.32 Å². The summed E-state index contributed by atoms with van der Waals surface area (Å²) in [7, 11) is -1.63. The number of piperidine rings is 1. The molecule has 9 heteroatoms. The molecule has 1 fully saturated rings. The van der Waals surface area contributed by atoms with Gasteiger partial charge in [0.15, 0.2) is 0 Å². The molecule has 2 rings (SSSR count). The van der Waals surface area contributed by atoms with Crippen molar-refractivity contribution < 1.29 is 18.0 Å². The molecule has 2 aliphatic rings. The minimum atomic E-state index is -3.16. The Bertz CT molecular complexity index is 564. The Morgan fingerprint density at radius 2 is 1.90 bits per heavy atom. The van der Waals surface area contributed by atoms with E-state index in [9.17, 15) is 18.0 Å². The summed E-state index contributed by atoms with van der Waals surface area (Å²) >= 11 is 0. The van der Waals surface area contributed by atoms with Gasteiger partial charge in [0.1, 0.15) is 5.71 Å². The van der Waals surface area contributed by atoms with E-state index in [2.05, 4.69) is 10.4 Å². The first kappa shape index (κ1) is 15.9. The second kappa shape index (κ2) is 6.10. The normalized spacial score (nSPS) is 22.1. The molecule has 0 radical (unpaired) electrons. The lowest BCUT2D eigenvalue weighted by Crippen LogP contribution is -2.48. The van der Waals surface area contributed by atoms with Crippen LogP contribution in [0.4, 0.5) is 0 Å². The molecule has 1 N–H and O–H groups in total. The van der Waals surface area contributed by atoms with Crippen LogP contribution in [-0.2, 0) is 19.6 Å². The SMILES string of the molecule is CN1N=C(C(=O)NC2CCN(S(C)(=O)=O)CC2)CCC1=O. The standard InChI is InChI=1S/C12H20N4O4S/c1-15-11(17)4-3-10(14-15)12(18)13-9-5-7-16(8-6-9)21(2,19)20/h9H,3-8H2,1-2H3,(H,13,18).